The molecule has 1 heterocycles. The number of fused-ring (bicyclic) bond motifs is 1. The lowest BCUT2D eigenvalue weighted by Gasteiger charge is -2.12. The average Bonchev–Trinajstić information content (AvgIpc) is 2.40. The molecule has 2 nitrogen and oxygen atoms in total. The zero-order valence-electron chi connectivity index (χ0n) is 7.67. The first kappa shape index (κ1) is 9.27. The lowest BCUT2D eigenvalue weighted by Crippen LogP contribution is -2.25. The first-order valence-electron chi connectivity index (χ1n) is 4.35. The van der Waals surface area contributed by atoms with Gasteiger partial charge in [0.05, 0.1) is 6.04 Å². The van der Waals surface area contributed by atoms with Gasteiger partial charge in [0, 0.05) is 9.13 Å². The van der Waals surface area contributed by atoms with Crippen molar-refractivity contribution in [2.75, 3.05) is 7.05 Å². The van der Waals surface area contributed by atoms with Crippen molar-refractivity contribution in [3.63, 3.8) is 0 Å². The number of hydrogen-bond acceptors (Lipinski definition) is 2. The summed E-state index contributed by atoms with van der Waals surface area (Å²) in [4.78, 5) is 0. The number of ether oxygens (including phenoxy) is 1. The van der Waals surface area contributed by atoms with Crippen LogP contribution in [0.1, 0.15) is 18.5 Å². The molecule has 2 unspecified atom stereocenters. The van der Waals surface area contributed by atoms with Crippen LogP contribution >= 0.6 is 22.6 Å². The van der Waals surface area contributed by atoms with E-state index >= 15 is 0 Å². The molecule has 0 fully saturated rings. The monoisotopic (exact) mass is 289 g/mol. The molecule has 1 aliphatic rings. The van der Waals surface area contributed by atoms with Gasteiger partial charge in [-0.15, -0.1) is 0 Å². The molecule has 2 atom stereocenters. The maximum absolute atomic E-state index is 5.70. The molecular formula is C10H12INO. The van der Waals surface area contributed by atoms with Gasteiger partial charge < -0.3 is 10.1 Å². The number of halogens is 1. The Labute approximate surface area is 91.8 Å². The van der Waals surface area contributed by atoms with E-state index in [0.717, 1.165) is 5.75 Å². The molecule has 1 aromatic rings. The second kappa shape index (κ2) is 3.46. The molecule has 0 spiro atoms. The van der Waals surface area contributed by atoms with Gasteiger partial charge in [-0.3, -0.25) is 0 Å². The Bertz CT molecular complexity index is 327. The molecule has 0 aromatic heterocycles. The summed E-state index contributed by atoms with van der Waals surface area (Å²) in [6.07, 6.45) is 0.234. The molecule has 0 amide bonds. The molecule has 1 N–H and O–H groups in total. The van der Waals surface area contributed by atoms with Crippen LogP contribution in [-0.4, -0.2) is 13.2 Å². The van der Waals surface area contributed by atoms with Crippen LogP contribution in [0.3, 0.4) is 0 Å². The van der Waals surface area contributed by atoms with Gasteiger partial charge in [0.15, 0.2) is 0 Å². The summed E-state index contributed by atoms with van der Waals surface area (Å²) >= 11 is 2.32. The van der Waals surface area contributed by atoms with Gasteiger partial charge in [-0.1, -0.05) is 0 Å². The van der Waals surface area contributed by atoms with Crippen molar-refractivity contribution in [3.8, 4) is 5.75 Å². The van der Waals surface area contributed by atoms with Crippen LogP contribution in [0.4, 0.5) is 0 Å². The van der Waals surface area contributed by atoms with Gasteiger partial charge in [0.2, 0.25) is 0 Å². The number of benzene rings is 1. The van der Waals surface area contributed by atoms with E-state index in [1.54, 1.807) is 0 Å². The van der Waals surface area contributed by atoms with Crippen LogP contribution in [0, 0.1) is 3.57 Å². The smallest absolute Gasteiger partial charge is 0.124 e. The van der Waals surface area contributed by atoms with Crippen molar-refractivity contribution in [1.82, 2.24) is 5.32 Å². The summed E-state index contributed by atoms with van der Waals surface area (Å²) in [5.74, 6) is 1.02. The quantitative estimate of drug-likeness (QED) is 0.801. The van der Waals surface area contributed by atoms with E-state index in [1.165, 1.54) is 9.13 Å². The first-order valence-corrected chi connectivity index (χ1v) is 5.43. The topological polar surface area (TPSA) is 21.3 Å². The summed E-state index contributed by atoms with van der Waals surface area (Å²) < 4.78 is 6.96. The molecule has 0 saturated carbocycles. The van der Waals surface area contributed by atoms with Crippen LogP contribution in [0.15, 0.2) is 18.2 Å². The molecule has 3 heteroatoms. The maximum Gasteiger partial charge on any atom is 0.124 e. The minimum atomic E-state index is 0.234. The van der Waals surface area contributed by atoms with Crippen molar-refractivity contribution >= 4 is 22.6 Å². The standard InChI is InChI=1S/C10H12INO/c1-6-10(12-2)8-5-7(11)3-4-9(8)13-6/h3-6,10,12H,1-2H3. The van der Waals surface area contributed by atoms with Gasteiger partial charge in [-0.05, 0) is 54.8 Å². The summed E-state index contributed by atoms with van der Waals surface area (Å²) in [5.41, 5.74) is 1.28. The number of likely N-dealkylation sites (N-methyl/N-ethyl adjacent to an activating group) is 1. The van der Waals surface area contributed by atoms with E-state index in [1.807, 2.05) is 13.1 Å². The Balaban J connectivity index is 2.44. The highest BCUT2D eigenvalue weighted by molar-refractivity contribution is 14.1. The molecule has 0 aliphatic carbocycles. The summed E-state index contributed by atoms with van der Waals surface area (Å²) in [6, 6.07) is 6.64. The molecule has 1 aliphatic heterocycles. The molecule has 13 heavy (non-hydrogen) atoms. The van der Waals surface area contributed by atoms with Crippen LogP contribution in [0.25, 0.3) is 0 Å². The Hall–Kier alpha value is -0.290. The van der Waals surface area contributed by atoms with E-state index in [9.17, 15) is 0 Å². The third-order valence-corrected chi connectivity index (χ3v) is 3.07. The third-order valence-electron chi connectivity index (χ3n) is 2.40. The largest absolute Gasteiger partial charge is 0.488 e. The van der Waals surface area contributed by atoms with Gasteiger partial charge in [-0.25, -0.2) is 0 Å². The van der Waals surface area contributed by atoms with Crippen molar-refractivity contribution in [1.29, 1.82) is 0 Å². The third kappa shape index (κ3) is 1.55. The van der Waals surface area contributed by atoms with Crippen molar-refractivity contribution in [2.45, 2.75) is 19.1 Å². The van der Waals surface area contributed by atoms with Crippen molar-refractivity contribution in [2.24, 2.45) is 0 Å². The minimum Gasteiger partial charge on any atom is -0.488 e. The number of hydrogen-bond donors (Lipinski definition) is 1. The highest BCUT2D eigenvalue weighted by Gasteiger charge is 2.29. The summed E-state index contributed by atoms with van der Waals surface area (Å²) in [6.45, 7) is 2.09. The second-order valence-corrected chi connectivity index (χ2v) is 4.52. The van der Waals surface area contributed by atoms with Gasteiger partial charge in [0.1, 0.15) is 11.9 Å². The fourth-order valence-electron chi connectivity index (χ4n) is 1.78. The van der Waals surface area contributed by atoms with Crippen LogP contribution in [0.2, 0.25) is 0 Å². The Morgan fingerprint density at radius 3 is 2.92 bits per heavy atom. The van der Waals surface area contributed by atoms with Gasteiger partial charge in [0.25, 0.3) is 0 Å². The van der Waals surface area contributed by atoms with Gasteiger partial charge >= 0.3 is 0 Å². The van der Waals surface area contributed by atoms with Crippen molar-refractivity contribution in [3.05, 3.63) is 27.3 Å². The fraction of sp³-hybridized carbons (Fsp3) is 0.400. The Morgan fingerprint density at radius 1 is 1.46 bits per heavy atom. The molecular weight excluding hydrogens is 277 g/mol. The molecule has 70 valence electrons. The molecule has 0 bridgehead atoms. The number of nitrogens with one attached hydrogen (secondary N) is 1. The van der Waals surface area contributed by atoms with E-state index in [4.69, 9.17) is 4.74 Å². The summed E-state index contributed by atoms with van der Waals surface area (Å²) in [7, 11) is 1.97. The predicted molar refractivity (Wildman–Crippen MR) is 61.0 cm³/mol. The van der Waals surface area contributed by atoms with Gasteiger partial charge in [-0.2, -0.15) is 0 Å². The highest BCUT2D eigenvalue weighted by Crippen LogP contribution is 2.36. The molecule has 0 radical (unpaired) electrons. The van der Waals surface area contributed by atoms with Crippen LogP contribution < -0.4 is 10.1 Å². The Kier molecular flexibility index (Phi) is 2.47. The van der Waals surface area contributed by atoms with E-state index in [-0.39, 0.29) is 6.10 Å². The molecule has 0 saturated heterocycles. The fourth-order valence-corrected chi connectivity index (χ4v) is 2.30. The van der Waals surface area contributed by atoms with E-state index in [0.29, 0.717) is 6.04 Å². The first-order chi connectivity index (χ1) is 6.22. The zero-order chi connectivity index (χ0) is 9.42. The maximum atomic E-state index is 5.70. The molecule has 2 rings (SSSR count). The lowest BCUT2D eigenvalue weighted by atomic mass is 10.1. The second-order valence-electron chi connectivity index (χ2n) is 3.27. The predicted octanol–water partition coefficient (Wildman–Crippen LogP) is 2.33. The summed E-state index contributed by atoms with van der Waals surface area (Å²) in [5, 5.41) is 3.27. The average molecular weight is 289 g/mol. The SMILES string of the molecule is CNC1c2cc(I)ccc2OC1C. The van der Waals surface area contributed by atoms with E-state index in [2.05, 4.69) is 47.0 Å². The van der Waals surface area contributed by atoms with Crippen LogP contribution in [-0.2, 0) is 0 Å². The number of rotatable bonds is 1. The lowest BCUT2D eigenvalue weighted by molar-refractivity contribution is 0.214. The zero-order valence-corrected chi connectivity index (χ0v) is 9.83. The van der Waals surface area contributed by atoms with E-state index < -0.39 is 0 Å². The normalized spacial score (nSPS) is 25.5. The van der Waals surface area contributed by atoms with Crippen LogP contribution in [0.5, 0.6) is 5.75 Å². The highest BCUT2D eigenvalue weighted by atomic mass is 127. The Morgan fingerprint density at radius 2 is 2.23 bits per heavy atom. The molecule has 1 aromatic carbocycles. The van der Waals surface area contributed by atoms with Crippen molar-refractivity contribution < 1.29 is 4.74 Å². The minimum absolute atomic E-state index is 0.234.